The van der Waals surface area contributed by atoms with Crippen molar-refractivity contribution in [2.45, 2.75) is 261 Å². The van der Waals surface area contributed by atoms with Crippen LogP contribution in [0, 0.1) is 29.6 Å². The number of thioether (sulfide) groups is 1. The lowest BCUT2D eigenvalue weighted by Crippen LogP contribution is -2.61. The average Bonchev–Trinajstić information content (AvgIpc) is 1.55. The maximum atomic E-state index is 15.0. The highest BCUT2D eigenvalue weighted by Gasteiger charge is 2.49. The van der Waals surface area contributed by atoms with Gasteiger partial charge in [-0.3, -0.25) is 57.5 Å². The fraction of sp³-hybridized carbons (Fsp3) is 0.692. The van der Waals surface area contributed by atoms with Crippen molar-refractivity contribution in [2.24, 2.45) is 41.1 Å². The van der Waals surface area contributed by atoms with Crippen LogP contribution in [-0.2, 0) is 68.7 Å². The quantitative estimate of drug-likeness (QED) is 0.0281. The van der Waals surface area contributed by atoms with Crippen LogP contribution in [0.3, 0.4) is 0 Å². The standard InChI is InChI=1S/C78H124N12O21S/c1-8-45(4)35-46(5)18-14-11-9-10-12-17-21-52(94)37-50-38-63(99)76(111-32-30-81-71(104)55(80)41-82-72(105)58(36-48-19-15-13-16-20-48)85-74(107)57(34-44(2)3)84-73(106)56(83-43-91)28-33-112-7)88-75(108)66-61(97)27-31-89(66)78(110)65(60(96)26-29-79)87-70(103)54(68(101)67(100)49-22-24-51(93)25-23-49)40-62(98)59-39-53(95)42-90(59)77(109)64(47(6)92)86-69(50)102/h13,15-16,19-20,22-25,43-47,50,53-61,63-68,76,92-93,95-97,99-101H,8-12,14,17-18,21,26-42,79-80H2,1-7H3,(H,81,104)(H,82,105)(H,83,91)(H,84,106)(H,85,107)(H,86,102)(H,87,103)(H,88,108)/t45-,46+,47+,50-,53+,54-,55-,56-,57-,58-,59-,60+,61-,63+,64-,65-,66-,67-,68-,76+/m0/s1. The summed E-state index contributed by atoms with van der Waals surface area (Å²) >= 11 is 1.46. The number of unbranched alkanes of at least 4 members (excludes halogenated alkanes) is 5. The molecule has 0 aromatic heterocycles. The zero-order valence-corrected chi connectivity index (χ0v) is 66.4. The first-order chi connectivity index (χ1) is 53.2. The second kappa shape index (κ2) is 48.4. The highest BCUT2D eigenvalue weighted by atomic mass is 32.2. The van der Waals surface area contributed by atoms with Gasteiger partial charge in [0.2, 0.25) is 59.6 Å². The van der Waals surface area contributed by atoms with Crippen LogP contribution in [-0.4, -0.2) is 264 Å². The van der Waals surface area contributed by atoms with Crippen LogP contribution >= 0.6 is 11.8 Å². The molecule has 0 aliphatic carbocycles. The molecule has 0 saturated carbocycles. The van der Waals surface area contributed by atoms with Gasteiger partial charge in [0.05, 0.1) is 55.2 Å². The van der Waals surface area contributed by atoms with Gasteiger partial charge >= 0.3 is 0 Å². The first-order valence-corrected chi connectivity index (χ1v) is 40.7. The first-order valence-electron chi connectivity index (χ1n) is 39.3. The number of Topliss-reactive ketones (excluding diaryl/α,β-unsaturated/α-hetero) is 2. The monoisotopic (exact) mass is 1600 g/mol. The van der Waals surface area contributed by atoms with Crippen molar-refractivity contribution in [3.05, 3.63) is 65.7 Å². The first kappa shape index (κ1) is 94.8. The van der Waals surface area contributed by atoms with Gasteiger partial charge in [0.1, 0.15) is 59.9 Å². The van der Waals surface area contributed by atoms with E-state index in [4.69, 9.17) is 16.2 Å². The number of carbonyl (C=O) groups excluding carboxylic acids is 12. The number of phenolic OH excluding ortho intramolecular Hbond substituents is 1. The largest absolute Gasteiger partial charge is 0.508 e. The van der Waals surface area contributed by atoms with Crippen LogP contribution < -0.4 is 54.0 Å². The third kappa shape index (κ3) is 30.2. The predicted octanol–water partition coefficient (Wildman–Crippen LogP) is -0.977. The number of carbonyl (C=O) groups is 12. The molecule has 10 amide bonds. The van der Waals surface area contributed by atoms with Crippen LogP contribution in [0.15, 0.2) is 54.6 Å². The van der Waals surface area contributed by atoms with E-state index in [0.717, 1.165) is 73.8 Å². The van der Waals surface area contributed by atoms with Gasteiger partial charge in [-0.15, -0.1) is 0 Å². The number of benzene rings is 2. The SMILES string of the molecule is CC[C@H](C)C[C@H](C)CCCCCCCCC(=O)C[C@H]1C[C@@H](O)[C@@H](OCCNC(=O)[C@@H](N)CNC(=O)[C@H](Cc2ccccc2)NC(=O)[C@H](CC(C)C)NC(=O)[C@H](CCSC)NC=O)NC(=O)[C@@H]2[C@@H](O)CCN2C(=O)[C@H]([C@H](O)CCN)NC(=O)[C@H]([C@H](O)[C@@H](O)c2ccc(O)cc2)CC(=O)[C@@H]2C[C@@H](O)CN2C(=O)[C@H]([C@@H](C)O)NC1=O. The molecule has 33 nitrogen and oxygen atoms in total. The lowest BCUT2D eigenvalue weighted by molar-refractivity contribution is -0.150. The molecule has 628 valence electrons. The van der Waals surface area contributed by atoms with Crippen molar-refractivity contribution < 1.29 is 103 Å². The van der Waals surface area contributed by atoms with Crippen molar-refractivity contribution in [1.29, 1.82) is 0 Å². The molecule has 20 atom stereocenters. The maximum Gasteiger partial charge on any atom is 0.248 e. The molecule has 0 radical (unpaired) electrons. The number of nitrogens with one attached hydrogen (secondary N) is 8. The molecule has 20 N–H and O–H groups in total. The fourth-order valence-electron chi connectivity index (χ4n) is 14.3. The molecule has 3 heterocycles. The Morgan fingerprint density at radius 1 is 0.705 bits per heavy atom. The minimum atomic E-state index is -2.25. The number of ether oxygens (including phenoxy) is 1. The molecule has 2 aromatic carbocycles. The van der Waals surface area contributed by atoms with E-state index in [-0.39, 0.29) is 55.9 Å². The van der Waals surface area contributed by atoms with E-state index < -0.39 is 239 Å². The van der Waals surface area contributed by atoms with E-state index in [0.29, 0.717) is 42.4 Å². The number of ketones is 2. The average molecular weight is 1600 g/mol. The summed E-state index contributed by atoms with van der Waals surface area (Å²) < 4.78 is 6.09. The molecular weight excluding hydrogens is 1470 g/mol. The Kier molecular flexibility index (Phi) is 41.0. The Bertz CT molecular complexity index is 3350. The number of fused-ring (bicyclic) bond motifs is 2. The van der Waals surface area contributed by atoms with Gasteiger partial charge in [-0.1, -0.05) is 122 Å². The molecular formula is C78H124N12O21S. The molecule has 3 fully saturated rings. The molecule has 2 aromatic rings. The van der Waals surface area contributed by atoms with Crippen molar-refractivity contribution >= 4 is 82.9 Å². The lowest BCUT2D eigenvalue weighted by atomic mass is 9.86. The Hall–Kier alpha value is -7.77. The summed E-state index contributed by atoms with van der Waals surface area (Å²) in [6, 6.07) is 0.955. The van der Waals surface area contributed by atoms with E-state index in [1.54, 1.807) is 30.3 Å². The Balaban J connectivity index is 1.48. The van der Waals surface area contributed by atoms with Gasteiger partial charge < -0.3 is 109 Å². The van der Waals surface area contributed by atoms with Crippen LogP contribution in [0.1, 0.15) is 174 Å². The number of rotatable bonds is 42. The molecule has 3 aliphatic heterocycles. The summed E-state index contributed by atoms with van der Waals surface area (Å²) in [5.41, 5.74) is 12.8. The number of amides is 10. The van der Waals surface area contributed by atoms with E-state index >= 15 is 4.79 Å². The van der Waals surface area contributed by atoms with Crippen molar-refractivity contribution in [1.82, 2.24) is 52.3 Å². The minimum absolute atomic E-state index is 0.0292. The third-order valence-corrected chi connectivity index (χ3v) is 21.6. The normalized spacial score (nSPS) is 24.4. The second-order valence-corrected chi connectivity index (χ2v) is 31.6. The van der Waals surface area contributed by atoms with Crippen molar-refractivity contribution in [2.75, 3.05) is 51.3 Å². The molecule has 0 unspecified atom stereocenters. The van der Waals surface area contributed by atoms with Crippen molar-refractivity contribution in [3.63, 3.8) is 0 Å². The van der Waals surface area contributed by atoms with E-state index in [9.17, 15) is 93.6 Å². The second-order valence-electron chi connectivity index (χ2n) is 30.7. The molecule has 34 heteroatoms. The highest BCUT2D eigenvalue weighted by molar-refractivity contribution is 7.98. The number of nitrogens with zero attached hydrogens (tertiary/aromatic N) is 2. The summed E-state index contributed by atoms with van der Waals surface area (Å²) in [7, 11) is 0. The molecule has 112 heavy (non-hydrogen) atoms. The number of aromatic hydroxyl groups is 1. The molecule has 3 aliphatic rings. The highest BCUT2D eigenvalue weighted by Crippen LogP contribution is 2.32. The fourth-order valence-corrected chi connectivity index (χ4v) is 14.8. The third-order valence-electron chi connectivity index (χ3n) is 20.9. The number of aliphatic hydroxyl groups is 7. The van der Waals surface area contributed by atoms with Gasteiger partial charge in [-0.05, 0) is 111 Å². The lowest BCUT2D eigenvalue weighted by Gasteiger charge is -2.34. The molecule has 3 saturated heterocycles. The molecule has 0 bridgehead atoms. The topological polar surface area (TPSA) is 531 Å². The molecule has 5 rings (SSSR count). The van der Waals surface area contributed by atoms with E-state index in [1.807, 2.05) is 20.1 Å². The Morgan fingerprint density at radius 2 is 1.35 bits per heavy atom. The van der Waals surface area contributed by atoms with Gasteiger partial charge in [-0.2, -0.15) is 11.8 Å². The summed E-state index contributed by atoms with van der Waals surface area (Å²) in [5, 5.41) is 112. The van der Waals surface area contributed by atoms with Crippen LogP contribution in [0.2, 0.25) is 0 Å². The Labute approximate surface area is 660 Å². The van der Waals surface area contributed by atoms with Crippen LogP contribution in [0.5, 0.6) is 5.75 Å². The summed E-state index contributed by atoms with van der Waals surface area (Å²) in [6.07, 6.45) is -7.82. The summed E-state index contributed by atoms with van der Waals surface area (Å²) in [6.45, 7) is 8.61. The summed E-state index contributed by atoms with van der Waals surface area (Å²) in [4.78, 5) is 172. The predicted molar refractivity (Wildman–Crippen MR) is 415 cm³/mol. The number of hydrogen-bond acceptors (Lipinski definition) is 24. The number of aliphatic hydroxyl groups excluding tert-OH is 7. The van der Waals surface area contributed by atoms with Gasteiger partial charge in [0.15, 0.2) is 12.0 Å². The smallest absolute Gasteiger partial charge is 0.248 e. The number of hydrogen-bond donors (Lipinski definition) is 18. The number of phenols is 1. The van der Waals surface area contributed by atoms with Gasteiger partial charge in [-0.25, -0.2) is 0 Å². The zero-order valence-electron chi connectivity index (χ0n) is 65.6. The van der Waals surface area contributed by atoms with Crippen molar-refractivity contribution in [3.8, 4) is 5.75 Å². The Morgan fingerprint density at radius 3 is 1.99 bits per heavy atom. The van der Waals surface area contributed by atoms with Gasteiger partial charge in [0, 0.05) is 64.2 Å². The minimum Gasteiger partial charge on any atom is -0.508 e. The van der Waals surface area contributed by atoms with E-state index in [1.165, 1.54) is 23.9 Å². The molecule has 0 spiro atoms. The summed E-state index contributed by atoms with van der Waals surface area (Å²) in [5.74, 6) is -12.7. The maximum absolute atomic E-state index is 15.0. The van der Waals surface area contributed by atoms with Crippen LogP contribution in [0.4, 0.5) is 0 Å². The van der Waals surface area contributed by atoms with Crippen LogP contribution in [0.25, 0.3) is 0 Å². The van der Waals surface area contributed by atoms with E-state index in [2.05, 4.69) is 63.3 Å². The number of nitrogens with two attached hydrogens (primary N) is 2. The van der Waals surface area contributed by atoms with Gasteiger partial charge in [0.25, 0.3) is 0 Å². The zero-order chi connectivity index (χ0) is 82.9.